The highest BCUT2D eigenvalue weighted by Crippen LogP contribution is 2.26. The van der Waals surface area contributed by atoms with E-state index in [0.29, 0.717) is 12.5 Å². The van der Waals surface area contributed by atoms with Crippen molar-refractivity contribution in [2.45, 2.75) is 38.3 Å². The summed E-state index contributed by atoms with van der Waals surface area (Å²) in [6.07, 6.45) is 1.36. The first-order valence-electron chi connectivity index (χ1n) is 5.71. The molecule has 92 valence electrons. The van der Waals surface area contributed by atoms with Gasteiger partial charge in [-0.25, -0.2) is 0 Å². The fraction of sp³-hybridized carbons (Fsp3) is 0.909. The second-order valence-electron chi connectivity index (χ2n) is 4.39. The van der Waals surface area contributed by atoms with Crippen LogP contribution in [-0.2, 0) is 0 Å². The van der Waals surface area contributed by atoms with Crippen LogP contribution < -0.4 is 5.32 Å². The molecule has 0 aromatic heterocycles. The Morgan fingerprint density at radius 2 is 1.88 bits per heavy atom. The Morgan fingerprint density at radius 3 is 2.38 bits per heavy atom. The van der Waals surface area contributed by atoms with Gasteiger partial charge in [-0.15, -0.1) is 0 Å². The summed E-state index contributed by atoms with van der Waals surface area (Å²) in [6, 6.07) is 1.29. The smallest absolute Gasteiger partial charge is 0.315 e. The highest BCUT2D eigenvalue weighted by Gasteiger charge is 2.39. The molecule has 0 bridgehead atoms. The van der Waals surface area contributed by atoms with Crippen LogP contribution in [0, 0.1) is 23.2 Å². The number of nitrogens with one attached hydrogen (secondary N) is 1. The van der Waals surface area contributed by atoms with E-state index in [1.165, 1.54) is 25.3 Å². The maximum Gasteiger partial charge on any atom is 0.405 e. The van der Waals surface area contributed by atoms with Crippen molar-refractivity contribution in [3.8, 4) is 6.07 Å². The monoisotopic (exact) mass is 234 g/mol. The summed E-state index contributed by atoms with van der Waals surface area (Å²) in [5.74, 6) is -1.39. The number of hydrogen-bond donors (Lipinski definition) is 1. The lowest BCUT2D eigenvalue weighted by molar-refractivity contribution is -0.157. The summed E-state index contributed by atoms with van der Waals surface area (Å²) in [5, 5.41) is 11.2. The highest BCUT2D eigenvalue weighted by atomic mass is 19.4. The van der Waals surface area contributed by atoms with Gasteiger partial charge in [-0.3, -0.25) is 0 Å². The zero-order valence-corrected chi connectivity index (χ0v) is 9.19. The highest BCUT2D eigenvalue weighted by molar-refractivity contribution is 4.90. The van der Waals surface area contributed by atoms with E-state index in [-0.39, 0.29) is 6.54 Å². The zero-order valence-electron chi connectivity index (χ0n) is 9.19. The third-order valence-corrected chi connectivity index (χ3v) is 3.06. The summed E-state index contributed by atoms with van der Waals surface area (Å²) >= 11 is 0. The number of hydrogen-bond acceptors (Lipinski definition) is 2. The fourth-order valence-electron chi connectivity index (χ4n) is 2.06. The average molecular weight is 234 g/mol. The average Bonchev–Trinajstić information content (AvgIpc) is 2.24. The van der Waals surface area contributed by atoms with E-state index in [4.69, 9.17) is 5.26 Å². The summed E-state index contributed by atoms with van der Waals surface area (Å²) in [6.45, 7) is 0.324. The molecule has 1 atom stereocenters. The predicted octanol–water partition coefficient (Wildman–Crippen LogP) is 2.86. The molecule has 1 aliphatic rings. The van der Waals surface area contributed by atoms with E-state index in [0.717, 1.165) is 12.8 Å². The number of rotatable bonds is 4. The fourth-order valence-corrected chi connectivity index (χ4v) is 2.06. The molecule has 1 aliphatic carbocycles. The summed E-state index contributed by atoms with van der Waals surface area (Å²) in [7, 11) is 0. The SMILES string of the molecule is N#CC(CNCC1CCCCC1)C(F)(F)F. The van der Waals surface area contributed by atoms with Gasteiger partial charge in [-0.05, 0) is 25.3 Å². The molecule has 0 saturated heterocycles. The summed E-state index contributed by atoms with van der Waals surface area (Å²) < 4.78 is 36.7. The molecule has 1 unspecified atom stereocenters. The van der Waals surface area contributed by atoms with Crippen molar-refractivity contribution in [2.75, 3.05) is 13.1 Å². The van der Waals surface area contributed by atoms with Crippen LogP contribution in [0.1, 0.15) is 32.1 Å². The van der Waals surface area contributed by atoms with Gasteiger partial charge in [0.2, 0.25) is 0 Å². The Hall–Kier alpha value is -0.760. The van der Waals surface area contributed by atoms with E-state index >= 15 is 0 Å². The molecular weight excluding hydrogens is 217 g/mol. The molecule has 2 nitrogen and oxygen atoms in total. The second kappa shape index (κ2) is 6.09. The first-order chi connectivity index (χ1) is 7.54. The van der Waals surface area contributed by atoms with Crippen LogP contribution in [0.4, 0.5) is 13.2 Å². The van der Waals surface area contributed by atoms with Crippen molar-refractivity contribution in [3.05, 3.63) is 0 Å². The number of halogens is 3. The van der Waals surface area contributed by atoms with Crippen molar-refractivity contribution in [1.82, 2.24) is 5.32 Å². The van der Waals surface area contributed by atoms with Crippen LogP contribution in [0.2, 0.25) is 0 Å². The Balaban J connectivity index is 2.21. The second-order valence-corrected chi connectivity index (χ2v) is 4.39. The van der Waals surface area contributed by atoms with Crippen molar-refractivity contribution < 1.29 is 13.2 Å². The van der Waals surface area contributed by atoms with Gasteiger partial charge >= 0.3 is 6.18 Å². The summed E-state index contributed by atoms with van der Waals surface area (Å²) in [4.78, 5) is 0. The van der Waals surface area contributed by atoms with Crippen molar-refractivity contribution in [1.29, 1.82) is 5.26 Å². The Kier molecular flexibility index (Phi) is 5.07. The van der Waals surface area contributed by atoms with E-state index < -0.39 is 12.1 Å². The Morgan fingerprint density at radius 1 is 1.25 bits per heavy atom. The molecule has 0 aliphatic heterocycles. The molecule has 0 aromatic rings. The predicted molar refractivity (Wildman–Crippen MR) is 54.6 cm³/mol. The van der Waals surface area contributed by atoms with E-state index in [2.05, 4.69) is 5.32 Å². The topological polar surface area (TPSA) is 35.8 Å². The molecule has 0 spiro atoms. The third kappa shape index (κ3) is 4.40. The maximum absolute atomic E-state index is 12.2. The van der Waals surface area contributed by atoms with Gasteiger partial charge in [0.15, 0.2) is 5.92 Å². The molecule has 5 heteroatoms. The van der Waals surface area contributed by atoms with Gasteiger partial charge in [-0.1, -0.05) is 19.3 Å². The van der Waals surface area contributed by atoms with Crippen LogP contribution >= 0.6 is 0 Å². The molecule has 16 heavy (non-hydrogen) atoms. The standard InChI is InChI=1S/C11H17F3N2/c12-11(13,14)10(6-15)8-16-7-9-4-2-1-3-5-9/h9-10,16H,1-5,7-8H2. The Labute approximate surface area is 93.8 Å². The van der Waals surface area contributed by atoms with Crippen LogP contribution in [0.15, 0.2) is 0 Å². The van der Waals surface area contributed by atoms with Gasteiger partial charge in [0.25, 0.3) is 0 Å². The first-order valence-corrected chi connectivity index (χ1v) is 5.71. The van der Waals surface area contributed by atoms with Crippen LogP contribution in [-0.4, -0.2) is 19.3 Å². The quantitative estimate of drug-likeness (QED) is 0.811. The van der Waals surface area contributed by atoms with Crippen molar-refractivity contribution >= 4 is 0 Å². The van der Waals surface area contributed by atoms with Crippen LogP contribution in [0.25, 0.3) is 0 Å². The van der Waals surface area contributed by atoms with Gasteiger partial charge < -0.3 is 5.32 Å². The van der Waals surface area contributed by atoms with Gasteiger partial charge in [0.05, 0.1) is 6.07 Å². The van der Waals surface area contributed by atoms with Gasteiger partial charge in [0.1, 0.15) is 0 Å². The molecule has 1 fully saturated rings. The number of nitrogens with zero attached hydrogens (tertiary/aromatic N) is 1. The maximum atomic E-state index is 12.2. The molecule has 0 radical (unpaired) electrons. The minimum Gasteiger partial charge on any atom is -0.315 e. The first kappa shape index (κ1) is 13.3. The van der Waals surface area contributed by atoms with Crippen molar-refractivity contribution in [3.63, 3.8) is 0 Å². The molecular formula is C11H17F3N2. The van der Waals surface area contributed by atoms with E-state index in [9.17, 15) is 13.2 Å². The minimum atomic E-state index is -4.41. The summed E-state index contributed by atoms with van der Waals surface area (Å²) in [5.41, 5.74) is 0. The lowest BCUT2D eigenvalue weighted by Gasteiger charge is -2.22. The molecule has 0 aromatic carbocycles. The zero-order chi connectivity index (χ0) is 12.0. The largest absolute Gasteiger partial charge is 0.405 e. The van der Waals surface area contributed by atoms with Gasteiger partial charge in [-0.2, -0.15) is 18.4 Å². The normalized spacial score (nSPS) is 20.4. The number of nitriles is 1. The molecule has 1 saturated carbocycles. The Bertz CT molecular complexity index is 239. The molecule has 1 N–H and O–H groups in total. The van der Waals surface area contributed by atoms with Crippen LogP contribution in [0.5, 0.6) is 0 Å². The van der Waals surface area contributed by atoms with E-state index in [1.54, 1.807) is 0 Å². The van der Waals surface area contributed by atoms with E-state index in [1.807, 2.05) is 0 Å². The lowest BCUT2D eigenvalue weighted by atomic mass is 9.89. The molecule has 0 heterocycles. The van der Waals surface area contributed by atoms with Gasteiger partial charge in [0, 0.05) is 6.54 Å². The molecule has 1 rings (SSSR count). The number of alkyl halides is 3. The molecule has 0 amide bonds. The minimum absolute atomic E-state index is 0.281. The van der Waals surface area contributed by atoms with Crippen molar-refractivity contribution in [2.24, 2.45) is 11.8 Å². The third-order valence-electron chi connectivity index (χ3n) is 3.06. The van der Waals surface area contributed by atoms with Crippen LogP contribution in [0.3, 0.4) is 0 Å². The lowest BCUT2D eigenvalue weighted by Crippen LogP contribution is -2.35.